The summed E-state index contributed by atoms with van der Waals surface area (Å²) in [6.07, 6.45) is 1.65. The third kappa shape index (κ3) is 3.44. The predicted molar refractivity (Wildman–Crippen MR) is 83.2 cm³/mol. The van der Waals surface area contributed by atoms with Gasteiger partial charge in [0.15, 0.2) is 0 Å². The molecule has 0 spiro atoms. The smallest absolute Gasteiger partial charge is 0.144 e. The van der Waals surface area contributed by atoms with Gasteiger partial charge in [0, 0.05) is 24.9 Å². The SMILES string of the molecule is CC(C)(C)CCn1c(CCCl)nc2cc(Cl)c(F)cc21. The fourth-order valence-electron chi connectivity index (χ4n) is 2.14. The number of hydrogen-bond acceptors (Lipinski definition) is 1. The molecule has 0 aliphatic rings. The van der Waals surface area contributed by atoms with Crippen LogP contribution in [0.25, 0.3) is 11.0 Å². The number of benzene rings is 1. The van der Waals surface area contributed by atoms with Crippen LogP contribution >= 0.6 is 23.2 Å². The molecule has 1 aromatic carbocycles. The third-order valence-corrected chi connectivity index (χ3v) is 3.75. The molecule has 0 amide bonds. The third-order valence-electron chi connectivity index (χ3n) is 3.27. The molecule has 1 heterocycles. The molecule has 0 aliphatic heterocycles. The van der Waals surface area contributed by atoms with Gasteiger partial charge in [0.25, 0.3) is 0 Å². The summed E-state index contributed by atoms with van der Waals surface area (Å²) in [6.45, 7) is 7.35. The molecule has 1 aromatic heterocycles. The number of aromatic nitrogens is 2. The fraction of sp³-hybridized carbons (Fsp3) is 0.533. The Balaban J connectivity index is 2.47. The van der Waals surface area contributed by atoms with Gasteiger partial charge in [0.1, 0.15) is 11.6 Å². The Labute approximate surface area is 128 Å². The van der Waals surface area contributed by atoms with Crippen LogP contribution in [0.15, 0.2) is 12.1 Å². The molecule has 0 unspecified atom stereocenters. The highest BCUT2D eigenvalue weighted by Gasteiger charge is 2.16. The zero-order valence-electron chi connectivity index (χ0n) is 12.0. The Hall–Kier alpha value is -0.800. The second-order valence-corrected chi connectivity index (χ2v) is 6.97. The number of nitrogens with zero attached hydrogens (tertiary/aromatic N) is 2. The Kier molecular flexibility index (Phi) is 4.60. The van der Waals surface area contributed by atoms with Gasteiger partial charge in [0.05, 0.1) is 16.1 Å². The van der Waals surface area contributed by atoms with Crippen LogP contribution in [-0.2, 0) is 13.0 Å². The largest absolute Gasteiger partial charge is 0.328 e. The number of rotatable bonds is 4. The van der Waals surface area contributed by atoms with Gasteiger partial charge in [-0.25, -0.2) is 9.37 Å². The number of imidazole rings is 1. The van der Waals surface area contributed by atoms with Gasteiger partial charge in [0.2, 0.25) is 0 Å². The van der Waals surface area contributed by atoms with E-state index in [9.17, 15) is 4.39 Å². The molecule has 5 heteroatoms. The molecule has 0 bridgehead atoms. The standard InChI is InChI=1S/C15H19Cl2FN2/c1-15(2,3)5-7-20-13-9-11(18)10(17)8-12(13)19-14(20)4-6-16/h8-9H,4-7H2,1-3H3. The molecule has 0 atom stereocenters. The van der Waals surface area contributed by atoms with Crippen LogP contribution in [0.4, 0.5) is 4.39 Å². The van der Waals surface area contributed by atoms with Gasteiger partial charge in [-0.05, 0) is 17.9 Å². The second-order valence-electron chi connectivity index (χ2n) is 6.18. The van der Waals surface area contributed by atoms with E-state index in [0.29, 0.717) is 12.3 Å². The lowest BCUT2D eigenvalue weighted by Gasteiger charge is -2.19. The van der Waals surface area contributed by atoms with Crippen LogP contribution in [0.1, 0.15) is 33.0 Å². The maximum Gasteiger partial charge on any atom is 0.144 e. The van der Waals surface area contributed by atoms with Gasteiger partial charge in [-0.1, -0.05) is 32.4 Å². The highest BCUT2D eigenvalue weighted by molar-refractivity contribution is 6.31. The fourth-order valence-corrected chi connectivity index (χ4v) is 2.47. The summed E-state index contributed by atoms with van der Waals surface area (Å²) in [4.78, 5) is 4.53. The summed E-state index contributed by atoms with van der Waals surface area (Å²) in [5.41, 5.74) is 1.72. The van der Waals surface area contributed by atoms with E-state index in [1.54, 1.807) is 6.07 Å². The second kappa shape index (κ2) is 5.90. The molecule has 2 aromatic rings. The molecule has 0 aliphatic carbocycles. The highest BCUT2D eigenvalue weighted by atomic mass is 35.5. The lowest BCUT2D eigenvalue weighted by atomic mass is 9.92. The van der Waals surface area contributed by atoms with Crippen molar-refractivity contribution in [3.8, 4) is 0 Å². The molecular formula is C15H19Cl2FN2. The topological polar surface area (TPSA) is 17.8 Å². The average molecular weight is 317 g/mol. The van der Waals surface area contributed by atoms with E-state index in [-0.39, 0.29) is 10.4 Å². The van der Waals surface area contributed by atoms with Crippen molar-refractivity contribution in [2.45, 2.75) is 40.2 Å². The molecule has 110 valence electrons. The first-order valence-corrected chi connectivity index (χ1v) is 7.63. The summed E-state index contributed by atoms with van der Waals surface area (Å²) in [5, 5.41) is 0.107. The number of alkyl halides is 1. The van der Waals surface area contributed by atoms with E-state index in [0.717, 1.165) is 29.8 Å². The molecule has 20 heavy (non-hydrogen) atoms. The van der Waals surface area contributed by atoms with Gasteiger partial charge in [-0.2, -0.15) is 0 Å². The normalized spacial score (nSPS) is 12.3. The molecule has 0 fully saturated rings. The number of halogens is 3. The maximum absolute atomic E-state index is 13.7. The van der Waals surface area contributed by atoms with Gasteiger partial charge >= 0.3 is 0 Å². The number of fused-ring (bicyclic) bond motifs is 1. The van der Waals surface area contributed by atoms with Crippen LogP contribution in [0.5, 0.6) is 0 Å². The van der Waals surface area contributed by atoms with Crippen molar-refractivity contribution in [2.24, 2.45) is 5.41 Å². The first kappa shape index (κ1) is 15.6. The lowest BCUT2D eigenvalue weighted by Crippen LogP contribution is -2.12. The van der Waals surface area contributed by atoms with E-state index in [1.165, 1.54) is 6.07 Å². The molecule has 0 radical (unpaired) electrons. The first-order chi connectivity index (χ1) is 9.31. The monoisotopic (exact) mass is 316 g/mol. The van der Waals surface area contributed by atoms with Crippen molar-refractivity contribution < 1.29 is 4.39 Å². The Morgan fingerprint density at radius 2 is 2.00 bits per heavy atom. The van der Waals surface area contributed by atoms with Crippen molar-refractivity contribution in [2.75, 3.05) is 5.88 Å². The van der Waals surface area contributed by atoms with E-state index in [2.05, 4.69) is 30.3 Å². The molecular weight excluding hydrogens is 298 g/mol. The minimum Gasteiger partial charge on any atom is -0.328 e. The Morgan fingerprint density at radius 3 is 2.60 bits per heavy atom. The predicted octanol–water partition coefficient (Wildman–Crippen LogP) is 5.05. The van der Waals surface area contributed by atoms with Crippen molar-refractivity contribution in [3.63, 3.8) is 0 Å². The average Bonchev–Trinajstić information content (AvgIpc) is 2.64. The van der Waals surface area contributed by atoms with Crippen LogP contribution in [0, 0.1) is 11.2 Å². The van der Waals surface area contributed by atoms with E-state index < -0.39 is 5.82 Å². The summed E-state index contributed by atoms with van der Waals surface area (Å²) in [5.74, 6) is 0.976. The lowest BCUT2D eigenvalue weighted by molar-refractivity contribution is 0.350. The number of aryl methyl sites for hydroxylation is 2. The van der Waals surface area contributed by atoms with Gasteiger partial charge in [-0.3, -0.25) is 0 Å². The highest BCUT2D eigenvalue weighted by Crippen LogP contribution is 2.26. The van der Waals surface area contributed by atoms with Crippen molar-refractivity contribution in [1.82, 2.24) is 9.55 Å². The van der Waals surface area contributed by atoms with Crippen molar-refractivity contribution in [3.05, 3.63) is 28.8 Å². The van der Waals surface area contributed by atoms with Crippen LogP contribution in [0.3, 0.4) is 0 Å². The summed E-state index contributed by atoms with van der Waals surface area (Å²) < 4.78 is 15.8. The van der Waals surface area contributed by atoms with Gasteiger partial charge < -0.3 is 4.57 Å². The zero-order chi connectivity index (χ0) is 14.9. The number of hydrogen-bond donors (Lipinski definition) is 0. The van der Waals surface area contributed by atoms with Crippen LogP contribution in [-0.4, -0.2) is 15.4 Å². The maximum atomic E-state index is 13.7. The summed E-state index contributed by atoms with van der Waals surface area (Å²) in [6, 6.07) is 3.04. The molecule has 0 N–H and O–H groups in total. The summed E-state index contributed by atoms with van der Waals surface area (Å²) >= 11 is 11.7. The van der Waals surface area contributed by atoms with E-state index in [1.807, 2.05) is 0 Å². The minimum absolute atomic E-state index is 0.107. The first-order valence-electron chi connectivity index (χ1n) is 6.72. The van der Waals surface area contributed by atoms with Gasteiger partial charge in [-0.15, -0.1) is 11.6 Å². The minimum atomic E-state index is -0.409. The molecule has 2 rings (SSSR count). The zero-order valence-corrected chi connectivity index (χ0v) is 13.5. The van der Waals surface area contributed by atoms with Crippen molar-refractivity contribution >= 4 is 34.2 Å². The Morgan fingerprint density at radius 1 is 1.30 bits per heavy atom. The quantitative estimate of drug-likeness (QED) is 0.722. The van der Waals surface area contributed by atoms with Crippen LogP contribution < -0.4 is 0 Å². The van der Waals surface area contributed by atoms with E-state index >= 15 is 0 Å². The molecule has 0 saturated carbocycles. The van der Waals surface area contributed by atoms with Crippen LogP contribution in [0.2, 0.25) is 5.02 Å². The van der Waals surface area contributed by atoms with E-state index in [4.69, 9.17) is 23.2 Å². The van der Waals surface area contributed by atoms with Crippen molar-refractivity contribution in [1.29, 1.82) is 0 Å². The summed E-state index contributed by atoms with van der Waals surface area (Å²) in [7, 11) is 0. The molecule has 0 saturated heterocycles. The Bertz CT molecular complexity index is 614. The molecule has 2 nitrogen and oxygen atoms in total.